The van der Waals surface area contributed by atoms with Gasteiger partial charge in [0.05, 0.1) is 23.4 Å². The van der Waals surface area contributed by atoms with Crippen LogP contribution >= 0.6 is 0 Å². The molecule has 2 N–H and O–H groups in total. The summed E-state index contributed by atoms with van der Waals surface area (Å²) in [5.41, 5.74) is 6.37. The van der Waals surface area contributed by atoms with E-state index in [1.54, 1.807) is 0 Å². The van der Waals surface area contributed by atoms with Crippen molar-refractivity contribution in [2.75, 3.05) is 0 Å². The number of hydrogen-bond acceptors (Lipinski definition) is 4. The molecule has 0 radical (unpaired) electrons. The molecule has 0 aliphatic heterocycles. The molecule has 24 heavy (non-hydrogen) atoms. The van der Waals surface area contributed by atoms with Crippen molar-refractivity contribution in [2.24, 2.45) is 34.8 Å². The van der Waals surface area contributed by atoms with Crippen molar-refractivity contribution in [1.29, 1.82) is 15.8 Å². The van der Waals surface area contributed by atoms with E-state index < -0.39 is 5.41 Å². The summed E-state index contributed by atoms with van der Waals surface area (Å²) in [6.07, 6.45) is 11.4. The van der Waals surface area contributed by atoms with Crippen LogP contribution in [0.5, 0.6) is 0 Å². The summed E-state index contributed by atoms with van der Waals surface area (Å²) >= 11 is 0. The van der Waals surface area contributed by atoms with Crippen LogP contribution in [0.1, 0.15) is 39.0 Å². The highest BCUT2D eigenvalue weighted by atomic mass is 14.7. The minimum atomic E-state index is -1.41. The minimum absolute atomic E-state index is 0.0581. The second-order valence-corrected chi connectivity index (χ2v) is 7.32. The molecule has 0 fully saturated rings. The molecule has 3 rings (SSSR count). The summed E-state index contributed by atoms with van der Waals surface area (Å²) in [6, 6.07) is 6.62. The molecule has 0 aromatic carbocycles. The Bertz CT molecular complexity index is 736. The van der Waals surface area contributed by atoms with E-state index in [0.29, 0.717) is 11.5 Å². The Kier molecular flexibility index (Phi) is 4.21. The number of hydrogen-bond donors (Lipinski definition) is 1. The van der Waals surface area contributed by atoms with E-state index in [1.165, 1.54) is 0 Å². The summed E-state index contributed by atoms with van der Waals surface area (Å²) < 4.78 is 0. The first-order valence-electron chi connectivity index (χ1n) is 8.69. The standard InChI is InChI=1S/C20H22N4/c1-13-7-8-15-16(9-13)18(14-5-3-2-4-6-14)20(11-22,12-23)19(24)17(15)10-21/h3,5,8,13-14,16,18H,2,4,6-7,9,24H2,1H3. The second kappa shape index (κ2) is 6.18. The molecule has 4 heteroatoms. The summed E-state index contributed by atoms with van der Waals surface area (Å²) in [7, 11) is 0. The molecule has 0 spiro atoms. The monoisotopic (exact) mass is 318 g/mol. The average Bonchev–Trinajstić information content (AvgIpc) is 2.62. The van der Waals surface area contributed by atoms with Gasteiger partial charge in [-0.1, -0.05) is 25.2 Å². The zero-order chi connectivity index (χ0) is 17.3. The van der Waals surface area contributed by atoms with Gasteiger partial charge in [-0.15, -0.1) is 0 Å². The number of nitrogens with two attached hydrogens (primary N) is 1. The van der Waals surface area contributed by atoms with Gasteiger partial charge in [-0.2, -0.15) is 15.8 Å². The van der Waals surface area contributed by atoms with Gasteiger partial charge in [-0.3, -0.25) is 0 Å². The average molecular weight is 318 g/mol. The number of nitriles is 3. The molecule has 122 valence electrons. The first-order chi connectivity index (χ1) is 11.6. The van der Waals surface area contributed by atoms with Crippen molar-refractivity contribution >= 4 is 0 Å². The van der Waals surface area contributed by atoms with Gasteiger partial charge >= 0.3 is 0 Å². The molecule has 0 aromatic rings. The van der Waals surface area contributed by atoms with E-state index in [9.17, 15) is 15.8 Å². The van der Waals surface area contributed by atoms with Crippen LogP contribution in [0, 0.1) is 63.1 Å². The molecule has 0 saturated heterocycles. The van der Waals surface area contributed by atoms with Crippen LogP contribution in [0.4, 0.5) is 0 Å². The summed E-state index contributed by atoms with van der Waals surface area (Å²) in [6.45, 7) is 2.19. The molecule has 3 aliphatic carbocycles. The summed E-state index contributed by atoms with van der Waals surface area (Å²) in [5, 5.41) is 29.5. The Morgan fingerprint density at radius 2 is 2.00 bits per heavy atom. The van der Waals surface area contributed by atoms with Crippen molar-refractivity contribution < 1.29 is 0 Å². The fourth-order valence-electron chi connectivity index (χ4n) is 4.77. The zero-order valence-corrected chi connectivity index (χ0v) is 14.0. The summed E-state index contributed by atoms with van der Waals surface area (Å²) in [5.74, 6) is 0.539. The smallest absolute Gasteiger partial charge is 0.187 e. The lowest BCUT2D eigenvalue weighted by Crippen LogP contribution is -2.47. The molecular weight excluding hydrogens is 296 g/mol. The molecule has 4 nitrogen and oxygen atoms in total. The van der Waals surface area contributed by atoms with E-state index >= 15 is 0 Å². The van der Waals surface area contributed by atoms with Crippen molar-refractivity contribution in [3.8, 4) is 18.2 Å². The predicted molar refractivity (Wildman–Crippen MR) is 90.4 cm³/mol. The maximum atomic E-state index is 9.94. The van der Waals surface area contributed by atoms with Crippen LogP contribution < -0.4 is 5.73 Å². The van der Waals surface area contributed by atoms with E-state index in [0.717, 1.165) is 37.7 Å². The third kappa shape index (κ3) is 2.24. The third-order valence-corrected chi connectivity index (χ3v) is 5.93. The molecule has 0 bridgehead atoms. The second-order valence-electron chi connectivity index (χ2n) is 7.32. The maximum Gasteiger partial charge on any atom is 0.187 e. The highest BCUT2D eigenvalue weighted by molar-refractivity contribution is 5.56. The van der Waals surface area contributed by atoms with Crippen molar-refractivity contribution in [2.45, 2.75) is 39.0 Å². The Balaban J connectivity index is 2.24. The van der Waals surface area contributed by atoms with Gasteiger partial charge < -0.3 is 5.73 Å². The topological polar surface area (TPSA) is 97.4 Å². The van der Waals surface area contributed by atoms with Crippen molar-refractivity contribution in [3.05, 3.63) is 35.1 Å². The highest BCUT2D eigenvalue weighted by Gasteiger charge is 2.55. The Morgan fingerprint density at radius 3 is 2.58 bits per heavy atom. The molecule has 0 amide bonds. The fourth-order valence-corrected chi connectivity index (χ4v) is 4.77. The molecule has 3 aliphatic rings. The predicted octanol–water partition coefficient (Wildman–Crippen LogP) is 3.71. The van der Waals surface area contributed by atoms with Gasteiger partial charge in [0.15, 0.2) is 5.41 Å². The van der Waals surface area contributed by atoms with Crippen LogP contribution in [0.3, 0.4) is 0 Å². The third-order valence-electron chi connectivity index (χ3n) is 5.93. The molecule has 0 aromatic heterocycles. The number of nitrogens with zero attached hydrogens (tertiary/aromatic N) is 3. The van der Waals surface area contributed by atoms with Gasteiger partial charge in [0.25, 0.3) is 0 Å². The van der Waals surface area contributed by atoms with E-state index in [2.05, 4.69) is 43.4 Å². The maximum absolute atomic E-state index is 9.94. The lowest BCUT2D eigenvalue weighted by Gasteiger charge is -2.47. The van der Waals surface area contributed by atoms with Crippen molar-refractivity contribution in [1.82, 2.24) is 0 Å². The Morgan fingerprint density at radius 1 is 1.25 bits per heavy atom. The zero-order valence-electron chi connectivity index (χ0n) is 14.0. The quantitative estimate of drug-likeness (QED) is 0.745. The van der Waals surface area contributed by atoms with Gasteiger partial charge in [0, 0.05) is 5.92 Å². The molecule has 4 atom stereocenters. The largest absolute Gasteiger partial charge is 0.399 e. The lowest BCUT2D eigenvalue weighted by molar-refractivity contribution is 0.154. The lowest BCUT2D eigenvalue weighted by atomic mass is 9.53. The van der Waals surface area contributed by atoms with Gasteiger partial charge in [0.2, 0.25) is 0 Å². The Hall–Kier alpha value is -2.51. The number of allylic oxidation sites excluding steroid dienone is 6. The minimum Gasteiger partial charge on any atom is -0.399 e. The molecule has 4 unspecified atom stereocenters. The molecule has 0 heterocycles. The van der Waals surface area contributed by atoms with Gasteiger partial charge in [-0.05, 0) is 55.4 Å². The van der Waals surface area contributed by atoms with Crippen LogP contribution in [0.15, 0.2) is 35.1 Å². The highest BCUT2D eigenvalue weighted by Crippen LogP contribution is 2.55. The van der Waals surface area contributed by atoms with Gasteiger partial charge in [-0.25, -0.2) is 0 Å². The SMILES string of the molecule is CC1CC=C2C(C#N)=C(N)C(C#N)(C#N)C(C3C=CCCC3)C2C1. The van der Waals surface area contributed by atoms with E-state index in [-0.39, 0.29) is 23.5 Å². The molecular formula is C20H22N4. The van der Waals surface area contributed by atoms with Crippen LogP contribution in [0.2, 0.25) is 0 Å². The van der Waals surface area contributed by atoms with Crippen LogP contribution in [-0.4, -0.2) is 0 Å². The van der Waals surface area contributed by atoms with Crippen LogP contribution in [0.25, 0.3) is 0 Å². The fraction of sp³-hybridized carbons (Fsp3) is 0.550. The number of fused-ring (bicyclic) bond motifs is 1. The number of rotatable bonds is 1. The van der Waals surface area contributed by atoms with E-state index in [1.807, 2.05) is 0 Å². The van der Waals surface area contributed by atoms with Crippen molar-refractivity contribution in [3.63, 3.8) is 0 Å². The van der Waals surface area contributed by atoms with Gasteiger partial charge in [0.1, 0.15) is 6.07 Å². The first kappa shape index (κ1) is 16.4. The Labute approximate surface area is 143 Å². The first-order valence-corrected chi connectivity index (χ1v) is 8.69. The molecule has 0 saturated carbocycles. The van der Waals surface area contributed by atoms with Crippen LogP contribution in [-0.2, 0) is 0 Å². The normalized spacial score (nSPS) is 34.3. The summed E-state index contributed by atoms with van der Waals surface area (Å²) in [4.78, 5) is 0. The van der Waals surface area contributed by atoms with E-state index in [4.69, 9.17) is 5.73 Å².